The van der Waals surface area contributed by atoms with Crippen molar-refractivity contribution in [2.24, 2.45) is 5.73 Å². The van der Waals surface area contributed by atoms with Gasteiger partial charge in [0.1, 0.15) is 12.1 Å². The molecule has 0 saturated heterocycles. The van der Waals surface area contributed by atoms with Crippen LogP contribution in [0.4, 0.5) is 4.79 Å². The number of carboxylic acids is 1. The largest absolute Gasteiger partial charge is 0.480 e. The lowest BCUT2D eigenvalue weighted by atomic mass is 10.1. The Balaban J connectivity index is 4.75. The molecule has 10 heteroatoms. The van der Waals surface area contributed by atoms with Crippen LogP contribution < -0.4 is 21.7 Å². The molecule has 0 rings (SSSR count). The quantitative estimate of drug-likeness (QED) is 0.280. The highest BCUT2D eigenvalue weighted by molar-refractivity contribution is 5.93. The van der Waals surface area contributed by atoms with Gasteiger partial charge in [-0.3, -0.25) is 9.59 Å². The third-order valence-electron chi connectivity index (χ3n) is 2.16. The maximum atomic E-state index is 11.8. The molecule has 0 aromatic heterocycles. The molecule has 0 heterocycles. The standard InChI is InChI=1S/C10H18N4O6/c1-2-12-10(20)14-5(3-7(11)16)8(17)13-6(4-15)9(18)19/h5-6,15H,2-4H2,1H3,(H2,11,16)(H,13,17)(H,18,19)(H2,12,14,20)/t5-,6-/m0/s1. The van der Waals surface area contributed by atoms with Gasteiger partial charge in [-0.25, -0.2) is 9.59 Å². The van der Waals surface area contributed by atoms with Crippen LogP contribution in [0.1, 0.15) is 13.3 Å². The summed E-state index contributed by atoms with van der Waals surface area (Å²) in [5, 5.41) is 24.0. The first-order chi connectivity index (χ1) is 9.31. The Morgan fingerprint density at radius 2 is 1.75 bits per heavy atom. The Morgan fingerprint density at radius 1 is 1.15 bits per heavy atom. The summed E-state index contributed by atoms with van der Waals surface area (Å²) in [6.45, 7) is 1.12. The zero-order valence-electron chi connectivity index (χ0n) is 10.9. The van der Waals surface area contributed by atoms with Crippen LogP contribution >= 0.6 is 0 Å². The Hall–Kier alpha value is -2.36. The minimum Gasteiger partial charge on any atom is -0.480 e. The lowest BCUT2D eigenvalue weighted by molar-refractivity contribution is -0.143. The number of nitrogens with two attached hydrogens (primary N) is 1. The maximum Gasteiger partial charge on any atom is 0.328 e. The number of aliphatic hydroxyl groups is 1. The molecular formula is C10H18N4O6. The third kappa shape index (κ3) is 6.54. The Kier molecular flexibility index (Phi) is 7.67. The van der Waals surface area contributed by atoms with Crippen LogP contribution in [0.15, 0.2) is 0 Å². The lowest BCUT2D eigenvalue weighted by Gasteiger charge is -2.19. The highest BCUT2D eigenvalue weighted by Gasteiger charge is 2.27. The van der Waals surface area contributed by atoms with Gasteiger partial charge in [-0.2, -0.15) is 0 Å². The van der Waals surface area contributed by atoms with Crippen molar-refractivity contribution >= 4 is 23.8 Å². The van der Waals surface area contributed by atoms with Gasteiger partial charge in [0.2, 0.25) is 11.8 Å². The van der Waals surface area contributed by atoms with Gasteiger partial charge in [-0.1, -0.05) is 0 Å². The Labute approximate surface area is 114 Å². The zero-order valence-corrected chi connectivity index (χ0v) is 10.9. The monoisotopic (exact) mass is 290 g/mol. The smallest absolute Gasteiger partial charge is 0.328 e. The van der Waals surface area contributed by atoms with Gasteiger partial charge in [0, 0.05) is 6.54 Å². The normalized spacial score (nSPS) is 12.9. The van der Waals surface area contributed by atoms with Crippen LogP contribution in [0.5, 0.6) is 0 Å². The van der Waals surface area contributed by atoms with Crippen molar-refractivity contribution in [1.29, 1.82) is 0 Å². The van der Waals surface area contributed by atoms with Crippen molar-refractivity contribution in [3.63, 3.8) is 0 Å². The number of primary amides is 1. The van der Waals surface area contributed by atoms with Crippen LogP contribution in [-0.4, -0.2) is 59.3 Å². The zero-order chi connectivity index (χ0) is 15.7. The molecule has 0 saturated carbocycles. The number of hydrogen-bond donors (Lipinski definition) is 6. The summed E-state index contributed by atoms with van der Waals surface area (Å²) in [7, 11) is 0. The first-order valence-electron chi connectivity index (χ1n) is 5.78. The average molecular weight is 290 g/mol. The Bertz CT molecular complexity index is 386. The van der Waals surface area contributed by atoms with Crippen molar-refractivity contribution in [2.45, 2.75) is 25.4 Å². The van der Waals surface area contributed by atoms with Crippen molar-refractivity contribution in [3.05, 3.63) is 0 Å². The topological polar surface area (TPSA) is 171 Å². The number of nitrogens with one attached hydrogen (secondary N) is 3. The summed E-state index contributed by atoms with van der Waals surface area (Å²) in [4.78, 5) is 44.6. The van der Waals surface area contributed by atoms with Gasteiger partial charge < -0.3 is 31.9 Å². The van der Waals surface area contributed by atoms with E-state index in [0.29, 0.717) is 6.54 Å². The van der Waals surface area contributed by atoms with Crippen LogP contribution in [0.3, 0.4) is 0 Å². The lowest BCUT2D eigenvalue weighted by Crippen LogP contribution is -2.55. The van der Waals surface area contributed by atoms with E-state index in [0.717, 1.165) is 0 Å². The van der Waals surface area contributed by atoms with Gasteiger partial charge >= 0.3 is 12.0 Å². The van der Waals surface area contributed by atoms with E-state index >= 15 is 0 Å². The molecule has 0 aliphatic carbocycles. The van der Waals surface area contributed by atoms with Gasteiger partial charge in [0.15, 0.2) is 0 Å². The van der Waals surface area contributed by atoms with Crippen LogP contribution in [0, 0.1) is 0 Å². The molecule has 0 aromatic rings. The number of carboxylic acid groups (broad SMARTS) is 1. The van der Waals surface area contributed by atoms with Gasteiger partial charge in [-0.15, -0.1) is 0 Å². The molecule has 0 spiro atoms. The molecule has 7 N–H and O–H groups in total. The van der Waals surface area contributed by atoms with E-state index in [2.05, 4.69) is 10.6 Å². The van der Waals surface area contributed by atoms with E-state index in [-0.39, 0.29) is 0 Å². The summed E-state index contributed by atoms with van der Waals surface area (Å²) in [6, 6.07) is -3.56. The molecule has 4 amide bonds. The predicted octanol–water partition coefficient (Wildman–Crippen LogP) is -2.89. The SMILES string of the molecule is CCNC(=O)N[C@@H](CC(N)=O)C(=O)N[C@@H](CO)C(=O)O. The van der Waals surface area contributed by atoms with Crippen LogP contribution in [0.2, 0.25) is 0 Å². The predicted molar refractivity (Wildman–Crippen MR) is 66.5 cm³/mol. The van der Waals surface area contributed by atoms with Crippen molar-refractivity contribution in [2.75, 3.05) is 13.2 Å². The van der Waals surface area contributed by atoms with Gasteiger partial charge in [0.05, 0.1) is 13.0 Å². The minimum atomic E-state index is -1.53. The first-order valence-corrected chi connectivity index (χ1v) is 5.78. The number of aliphatic carboxylic acids is 1. The number of rotatable bonds is 8. The summed E-state index contributed by atoms with van der Waals surface area (Å²) in [5.41, 5.74) is 4.95. The number of amides is 4. The van der Waals surface area contributed by atoms with E-state index in [9.17, 15) is 19.2 Å². The van der Waals surface area contributed by atoms with Crippen molar-refractivity contribution in [3.8, 4) is 0 Å². The molecule has 0 unspecified atom stereocenters. The number of hydrogen-bond acceptors (Lipinski definition) is 5. The minimum absolute atomic E-state index is 0.297. The molecule has 0 radical (unpaired) electrons. The van der Waals surface area contributed by atoms with E-state index in [1.807, 2.05) is 5.32 Å². The van der Waals surface area contributed by atoms with Crippen LogP contribution in [-0.2, 0) is 14.4 Å². The average Bonchev–Trinajstić information content (AvgIpc) is 2.34. The molecule has 0 fully saturated rings. The van der Waals surface area contributed by atoms with Crippen molar-refractivity contribution < 1.29 is 29.4 Å². The van der Waals surface area contributed by atoms with Gasteiger partial charge in [-0.05, 0) is 6.92 Å². The number of urea groups is 1. The van der Waals surface area contributed by atoms with E-state index in [1.54, 1.807) is 6.92 Å². The molecule has 0 aliphatic heterocycles. The second-order valence-electron chi connectivity index (χ2n) is 3.81. The maximum absolute atomic E-state index is 11.8. The molecule has 20 heavy (non-hydrogen) atoms. The summed E-state index contributed by atoms with van der Waals surface area (Å²) >= 11 is 0. The fraction of sp³-hybridized carbons (Fsp3) is 0.600. The molecule has 114 valence electrons. The molecule has 10 nitrogen and oxygen atoms in total. The molecule has 0 bridgehead atoms. The fourth-order valence-electron chi connectivity index (χ4n) is 1.24. The van der Waals surface area contributed by atoms with E-state index in [4.69, 9.17) is 15.9 Å². The first kappa shape index (κ1) is 17.6. The number of carbonyl (C=O) groups excluding carboxylic acids is 3. The van der Waals surface area contributed by atoms with E-state index < -0.39 is 48.9 Å². The van der Waals surface area contributed by atoms with Crippen LogP contribution in [0.25, 0.3) is 0 Å². The summed E-state index contributed by atoms with van der Waals surface area (Å²) in [5.74, 6) is -3.23. The summed E-state index contributed by atoms with van der Waals surface area (Å²) in [6.07, 6.45) is -0.499. The molecular weight excluding hydrogens is 272 g/mol. The Morgan fingerprint density at radius 3 is 2.15 bits per heavy atom. The second-order valence-corrected chi connectivity index (χ2v) is 3.81. The number of carbonyl (C=O) groups is 4. The van der Waals surface area contributed by atoms with Crippen molar-refractivity contribution in [1.82, 2.24) is 16.0 Å². The number of aliphatic hydroxyl groups excluding tert-OH is 1. The highest BCUT2D eigenvalue weighted by atomic mass is 16.4. The van der Waals surface area contributed by atoms with Gasteiger partial charge in [0.25, 0.3) is 0 Å². The summed E-state index contributed by atoms with van der Waals surface area (Å²) < 4.78 is 0. The molecule has 0 aromatic carbocycles. The third-order valence-corrected chi connectivity index (χ3v) is 2.16. The molecule has 0 aliphatic rings. The second kappa shape index (κ2) is 8.69. The highest BCUT2D eigenvalue weighted by Crippen LogP contribution is 1.94. The molecule has 2 atom stereocenters. The fourth-order valence-corrected chi connectivity index (χ4v) is 1.24. The van der Waals surface area contributed by atoms with E-state index in [1.165, 1.54) is 0 Å².